The van der Waals surface area contributed by atoms with Crippen LogP contribution in [-0.4, -0.2) is 61.5 Å². The Morgan fingerprint density at radius 1 is 1.53 bits per heavy atom. The van der Waals surface area contributed by atoms with E-state index < -0.39 is 0 Å². The first-order valence-corrected chi connectivity index (χ1v) is 7.84. The molecule has 1 rings (SSSR count). The molecule has 0 aromatic rings. The summed E-state index contributed by atoms with van der Waals surface area (Å²) >= 11 is 1.81. The fourth-order valence-corrected chi connectivity index (χ4v) is 2.29. The summed E-state index contributed by atoms with van der Waals surface area (Å²) in [5.41, 5.74) is 0. The number of hydrogen-bond acceptors (Lipinski definition) is 3. The Bertz CT molecular complexity index is 301. The number of nitrogens with one attached hydrogen (secondary N) is 2. The molecule has 0 aliphatic carbocycles. The lowest BCUT2D eigenvalue weighted by molar-refractivity contribution is -0.129. The van der Waals surface area contributed by atoms with Gasteiger partial charge in [0.15, 0.2) is 5.96 Å². The van der Waals surface area contributed by atoms with E-state index in [0.29, 0.717) is 12.5 Å². The van der Waals surface area contributed by atoms with E-state index in [1.165, 1.54) is 0 Å². The predicted molar refractivity (Wildman–Crippen MR) is 93.6 cm³/mol. The van der Waals surface area contributed by atoms with Crippen LogP contribution in [0.1, 0.15) is 19.8 Å². The van der Waals surface area contributed by atoms with Crippen molar-refractivity contribution in [1.82, 2.24) is 15.5 Å². The average molecular weight is 400 g/mol. The van der Waals surface area contributed by atoms with E-state index in [2.05, 4.69) is 21.9 Å². The minimum absolute atomic E-state index is 0. The summed E-state index contributed by atoms with van der Waals surface area (Å²) in [6, 6.07) is 0.320. The van der Waals surface area contributed by atoms with Gasteiger partial charge < -0.3 is 15.5 Å². The monoisotopic (exact) mass is 400 g/mol. The number of nitrogens with zero attached hydrogens (tertiary/aromatic N) is 2. The highest BCUT2D eigenvalue weighted by Crippen LogP contribution is 2.10. The maximum absolute atomic E-state index is 11.6. The molecule has 0 radical (unpaired) electrons. The Hall–Kier alpha value is -0.180. The number of guanidine groups is 1. The van der Waals surface area contributed by atoms with Crippen molar-refractivity contribution in [2.75, 3.05) is 38.7 Å². The highest BCUT2D eigenvalue weighted by atomic mass is 127. The molecule has 2 N–H and O–H groups in total. The molecule has 0 aromatic heterocycles. The first kappa shape index (κ1) is 18.8. The lowest BCUT2D eigenvalue weighted by Crippen LogP contribution is -2.45. The largest absolute Gasteiger partial charge is 0.356 e. The van der Waals surface area contributed by atoms with E-state index >= 15 is 0 Å². The molecule has 1 unspecified atom stereocenters. The summed E-state index contributed by atoms with van der Waals surface area (Å²) in [5, 5.41) is 6.64. The van der Waals surface area contributed by atoms with Gasteiger partial charge in [-0.2, -0.15) is 11.8 Å². The SMILES string of the molecule is CCC(=O)N1CCC(NC(=NC)NCCSC)C1.I. The Balaban J connectivity index is 0.00000324. The number of carbonyl (C=O) groups excluding carboxylic acids is 1. The highest BCUT2D eigenvalue weighted by Gasteiger charge is 2.25. The standard InChI is InChI=1S/C12H24N4OS.HI/c1-4-11(17)16-7-5-10(9-16)15-12(13-2)14-6-8-18-3;/h10H,4-9H2,1-3H3,(H2,13,14,15);1H. The van der Waals surface area contributed by atoms with Crippen LogP contribution in [0.3, 0.4) is 0 Å². The van der Waals surface area contributed by atoms with Crippen LogP contribution < -0.4 is 10.6 Å². The molecule has 19 heavy (non-hydrogen) atoms. The maximum atomic E-state index is 11.6. The van der Waals surface area contributed by atoms with Crippen molar-refractivity contribution < 1.29 is 4.79 Å². The number of aliphatic imine (C=N–C) groups is 1. The number of likely N-dealkylation sites (tertiary alicyclic amines) is 1. The van der Waals surface area contributed by atoms with Crippen molar-refractivity contribution in [1.29, 1.82) is 0 Å². The smallest absolute Gasteiger partial charge is 0.222 e. The Morgan fingerprint density at radius 2 is 2.26 bits per heavy atom. The average Bonchev–Trinajstić information content (AvgIpc) is 2.85. The van der Waals surface area contributed by atoms with Crippen molar-refractivity contribution >= 4 is 47.6 Å². The number of thioether (sulfide) groups is 1. The fraction of sp³-hybridized carbons (Fsp3) is 0.833. The molecule has 0 saturated carbocycles. The minimum atomic E-state index is 0. The summed E-state index contributed by atoms with van der Waals surface area (Å²) in [7, 11) is 1.78. The molecular weight excluding hydrogens is 375 g/mol. The van der Waals surface area contributed by atoms with Crippen LogP contribution in [0, 0.1) is 0 Å². The normalized spacial score (nSPS) is 19.0. The molecule has 0 spiro atoms. The zero-order valence-corrected chi connectivity index (χ0v) is 15.1. The van der Waals surface area contributed by atoms with E-state index in [0.717, 1.165) is 37.8 Å². The number of rotatable bonds is 5. The molecule has 1 amide bonds. The summed E-state index contributed by atoms with van der Waals surface area (Å²) < 4.78 is 0. The predicted octanol–water partition coefficient (Wildman–Crippen LogP) is 1.14. The summed E-state index contributed by atoms with van der Waals surface area (Å²) in [6.45, 7) is 4.46. The van der Waals surface area contributed by atoms with Crippen molar-refractivity contribution in [2.45, 2.75) is 25.8 Å². The molecule has 1 aliphatic rings. The molecule has 0 bridgehead atoms. The zero-order chi connectivity index (χ0) is 13.4. The highest BCUT2D eigenvalue weighted by molar-refractivity contribution is 14.0. The van der Waals surface area contributed by atoms with Gasteiger partial charge in [-0.1, -0.05) is 6.92 Å². The zero-order valence-electron chi connectivity index (χ0n) is 11.9. The number of halogens is 1. The molecular formula is C12H25IN4OS. The molecule has 0 aromatic carbocycles. The second-order valence-electron chi connectivity index (χ2n) is 4.32. The van der Waals surface area contributed by atoms with Gasteiger partial charge in [0.2, 0.25) is 5.91 Å². The van der Waals surface area contributed by atoms with Crippen LogP contribution in [0.2, 0.25) is 0 Å². The van der Waals surface area contributed by atoms with Gasteiger partial charge in [-0.15, -0.1) is 24.0 Å². The third-order valence-corrected chi connectivity index (χ3v) is 3.62. The van der Waals surface area contributed by atoms with Crippen LogP contribution >= 0.6 is 35.7 Å². The molecule has 1 saturated heterocycles. The van der Waals surface area contributed by atoms with Crippen LogP contribution in [-0.2, 0) is 4.79 Å². The summed E-state index contributed by atoms with van der Waals surface area (Å²) in [4.78, 5) is 17.7. The van der Waals surface area contributed by atoms with Gasteiger partial charge in [0.1, 0.15) is 0 Å². The van der Waals surface area contributed by atoms with E-state index in [1.807, 2.05) is 11.8 Å². The second kappa shape index (κ2) is 10.6. The summed E-state index contributed by atoms with van der Waals surface area (Å²) in [6.07, 6.45) is 3.67. The molecule has 112 valence electrons. The second-order valence-corrected chi connectivity index (χ2v) is 5.30. The van der Waals surface area contributed by atoms with Crippen LogP contribution in [0.25, 0.3) is 0 Å². The lowest BCUT2D eigenvalue weighted by Gasteiger charge is -2.18. The van der Waals surface area contributed by atoms with Crippen molar-refractivity contribution in [3.63, 3.8) is 0 Å². The van der Waals surface area contributed by atoms with E-state index in [1.54, 1.807) is 18.8 Å². The van der Waals surface area contributed by atoms with E-state index in [9.17, 15) is 4.79 Å². The van der Waals surface area contributed by atoms with E-state index in [-0.39, 0.29) is 29.9 Å². The van der Waals surface area contributed by atoms with Gasteiger partial charge in [-0.3, -0.25) is 9.79 Å². The topological polar surface area (TPSA) is 56.7 Å². The van der Waals surface area contributed by atoms with Crippen LogP contribution in [0.5, 0.6) is 0 Å². The van der Waals surface area contributed by atoms with Gasteiger partial charge in [0.05, 0.1) is 0 Å². The van der Waals surface area contributed by atoms with E-state index in [4.69, 9.17) is 0 Å². The maximum Gasteiger partial charge on any atom is 0.222 e. The Labute approximate surface area is 137 Å². The van der Waals surface area contributed by atoms with Gasteiger partial charge in [-0.05, 0) is 12.7 Å². The Kier molecular flexibility index (Phi) is 10.5. The minimum Gasteiger partial charge on any atom is -0.356 e. The molecule has 1 heterocycles. The van der Waals surface area contributed by atoms with Crippen molar-refractivity contribution in [3.05, 3.63) is 0 Å². The van der Waals surface area contributed by atoms with Gasteiger partial charge in [0, 0.05) is 44.9 Å². The molecule has 1 fully saturated rings. The Morgan fingerprint density at radius 3 is 2.84 bits per heavy atom. The molecule has 5 nitrogen and oxygen atoms in total. The number of amides is 1. The number of carbonyl (C=O) groups is 1. The van der Waals surface area contributed by atoms with Crippen molar-refractivity contribution in [2.24, 2.45) is 4.99 Å². The van der Waals surface area contributed by atoms with Gasteiger partial charge >= 0.3 is 0 Å². The quantitative estimate of drug-likeness (QED) is 0.315. The van der Waals surface area contributed by atoms with Crippen molar-refractivity contribution in [3.8, 4) is 0 Å². The molecule has 1 aliphatic heterocycles. The number of hydrogen-bond donors (Lipinski definition) is 2. The molecule has 1 atom stereocenters. The first-order chi connectivity index (χ1) is 8.71. The van der Waals surface area contributed by atoms with Crippen LogP contribution in [0.4, 0.5) is 0 Å². The van der Waals surface area contributed by atoms with Crippen LogP contribution in [0.15, 0.2) is 4.99 Å². The van der Waals surface area contributed by atoms with Gasteiger partial charge in [-0.25, -0.2) is 0 Å². The fourth-order valence-electron chi connectivity index (χ4n) is 1.99. The third kappa shape index (κ3) is 6.69. The first-order valence-electron chi connectivity index (χ1n) is 6.45. The van der Waals surface area contributed by atoms with Gasteiger partial charge in [0.25, 0.3) is 0 Å². The molecule has 7 heteroatoms. The summed E-state index contributed by atoms with van der Waals surface area (Å²) in [5.74, 6) is 2.13. The lowest BCUT2D eigenvalue weighted by atomic mass is 10.3. The third-order valence-electron chi connectivity index (χ3n) is 3.01.